The van der Waals surface area contributed by atoms with Crippen LogP contribution in [0.4, 0.5) is 13.2 Å². The molecule has 1 aromatic rings. The number of halogens is 3. The molecule has 0 aliphatic heterocycles. The molecule has 0 atom stereocenters. The Balaban J connectivity index is 3.40. The molecule has 0 amide bonds. The van der Waals surface area contributed by atoms with Crippen LogP contribution in [0.25, 0.3) is 0 Å². The van der Waals surface area contributed by atoms with Gasteiger partial charge in [0.2, 0.25) is 0 Å². The molecule has 0 radical (unpaired) electrons. The van der Waals surface area contributed by atoms with E-state index in [1.54, 1.807) is 0 Å². The first kappa shape index (κ1) is 10.2. The molecule has 1 heterocycles. The lowest BCUT2D eigenvalue weighted by Crippen LogP contribution is -2.01. The van der Waals surface area contributed by atoms with Crippen molar-refractivity contribution in [2.75, 3.05) is 0 Å². The standard InChI is InChI=1S/C8H3F3N2O/c9-5-1-6(8(10)11)13-7(2-12)4(5)3-14/h1,3,8H. The predicted molar refractivity (Wildman–Crippen MR) is 39.3 cm³/mol. The molecule has 0 aliphatic carbocycles. The zero-order valence-electron chi connectivity index (χ0n) is 6.67. The van der Waals surface area contributed by atoms with Crippen LogP contribution in [0.1, 0.15) is 28.2 Å². The molecule has 0 aromatic carbocycles. The van der Waals surface area contributed by atoms with Crippen molar-refractivity contribution in [2.24, 2.45) is 0 Å². The highest BCUT2D eigenvalue weighted by molar-refractivity contribution is 5.78. The summed E-state index contributed by atoms with van der Waals surface area (Å²) < 4.78 is 37.0. The van der Waals surface area contributed by atoms with Crippen molar-refractivity contribution in [3.8, 4) is 6.07 Å². The minimum atomic E-state index is -2.97. The third-order valence-electron chi connectivity index (χ3n) is 1.48. The number of rotatable bonds is 2. The van der Waals surface area contributed by atoms with Crippen LogP contribution in [0.3, 0.4) is 0 Å². The third kappa shape index (κ3) is 1.71. The second kappa shape index (κ2) is 3.87. The van der Waals surface area contributed by atoms with Crippen molar-refractivity contribution in [3.63, 3.8) is 0 Å². The Labute approximate surface area is 76.8 Å². The van der Waals surface area contributed by atoms with E-state index in [0.717, 1.165) is 0 Å². The Bertz CT molecular complexity index is 412. The van der Waals surface area contributed by atoms with Gasteiger partial charge in [0.25, 0.3) is 6.43 Å². The van der Waals surface area contributed by atoms with E-state index in [0.29, 0.717) is 6.07 Å². The quantitative estimate of drug-likeness (QED) is 0.684. The van der Waals surface area contributed by atoms with Crippen LogP contribution in [0.5, 0.6) is 0 Å². The second-order valence-electron chi connectivity index (χ2n) is 2.32. The van der Waals surface area contributed by atoms with E-state index in [1.165, 1.54) is 6.07 Å². The van der Waals surface area contributed by atoms with E-state index >= 15 is 0 Å². The SMILES string of the molecule is N#Cc1nc(C(F)F)cc(F)c1C=O. The lowest BCUT2D eigenvalue weighted by molar-refractivity contribution is 0.111. The van der Waals surface area contributed by atoms with Gasteiger partial charge in [0, 0.05) is 6.07 Å². The van der Waals surface area contributed by atoms with Gasteiger partial charge < -0.3 is 0 Å². The van der Waals surface area contributed by atoms with Gasteiger partial charge in [-0.25, -0.2) is 18.2 Å². The number of carbonyl (C=O) groups excluding carboxylic acids is 1. The summed E-state index contributed by atoms with van der Waals surface area (Å²) in [5.41, 5.74) is -2.09. The predicted octanol–water partition coefficient (Wildman–Crippen LogP) is 1.84. The maximum absolute atomic E-state index is 12.9. The fourth-order valence-corrected chi connectivity index (χ4v) is 0.851. The fraction of sp³-hybridized carbons (Fsp3) is 0.125. The zero-order valence-corrected chi connectivity index (χ0v) is 6.67. The summed E-state index contributed by atoms with van der Waals surface area (Å²) in [6.07, 6.45) is -2.91. The number of hydrogen-bond donors (Lipinski definition) is 0. The summed E-state index contributed by atoms with van der Waals surface area (Å²) in [4.78, 5) is 13.4. The topological polar surface area (TPSA) is 53.8 Å². The Morgan fingerprint density at radius 3 is 2.64 bits per heavy atom. The fourth-order valence-electron chi connectivity index (χ4n) is 0.851. The van der Waals surface area contributed by atoms with Crippen molar-refractivity contribution < 1.29 is 18.0 Å². The Morgan fingerprint density at radius 2 is 2.21 bits per heavy atom. The highest BCUT2D eigenvalue weighted by Gasteiger charge is 2.16. The van der Waals surface area contributed by atoms with Gasteiger partial charge in [-0.1, -0.05) is 0 Å². The van der Waals surface area contributed by atoms with E-state index < -0.39 is 29.2 Å². The smallest absolute Gasteiger partial charge is 0.280 e. The first-order valence-corrected chi connectivity index (χ1v) is 3.44. The molecule has 1 rings (SSSR count). The van der Waals surface area contributed by atoms with Crippen molar-refractivity contribution in [1.29, 1.82) is 5.26 Å². The van der Waals surface area contributed by atoms with Crippen LogP contribution in [0.15, 0.2) is 6.07 Å². The lowest BCUT2D eigenvalue weighted by Gasteiger charge is -2.01. The van der Waals surface area contributed by atoms with Gasteiger partial charge in [-0.05, 0) is 0 Å². The van der Waals surface area contributed by atoms with Gasteiger partial charge in [0.05, 0.1) is 5.56 Å². The summed E-state index contributed by atoms with van der Waals surface area (Å²) in [6, 6.07) is 1.81. The molecule has 0 fully saturated rings. The Kier molecular flexibility index (Phi) is 2.82. The van der Waals surface area contributed by atoms with E-state index in [4.69, 9.17) is 5.26 Å². The van der Waals surface area contributed by atoms with Crippen molar-refractivity contribution in [2.45, 2.75) is 6.43 Å². The average molecular weight is 200 g/mol. The number of carbonyl (C=O) groups is 1. The minimum Gasteiger partial charge on any atom is -0.298 e. The number of pyridine rings is 1. The number of nitrogens with zero attached hydrogens (tertiary/aromatic N) is 2. The molecule has 0 bridgehead atoms. The normalized spacial score (nSPS) is 9.93. The lowest BCUT2D eigenvalue weighted by atomic mass is 10.2. The number of alkyl halides is 2. The van der Waals surface area contributed by atoms with E-state index in [2.05, 4.69) is 4.98 Å². The van der Waals surface area contributed by atoms with Crippen molar-refractivity contribution >= 4 is 6.29 Å². The largest absolute Gasteiger partial charge is 0.298 e. The Morgan fingerprint density at radius 1 is 1.57 bits per heavy atom. The van der Waals surface area contributed by atoms with Gasteiger partial charge >= 0.3 is 0 Å². The first-order chi connectivity index (χ1) is 6.60. The summed E-state index contributed by atoms with van der Waals surface area (Å²) in [7, 11) is 0. The summed E-state index contributed by atoms with van der Waals surface area (Å²) in [5.74, 6) is -1.16. The van der Waals surface area contributed by atoms with Crippen LogP contribution in [-0.4, -0.2) is 11.3 Å². The maximum Gasteiger partial charge on any atom is 0.280 e. The summed E-state index contributed by atoms with van der Waals surface area (Å²) in [6.45, 7) is 0. The third-order valence-corrected chi connectivity index (χ3v) is 1.48. The molecule has 0 N–H and O–H groups in total. The van der Waals surface area contributed by atoms with E-state index in [1.807, 2.05) is 0 Å². The minimum absolute atomic E-state index is 0.0656. The van der Waals surface area contributed by atoms with Gasteiger partial charge in [0.1, 0.15) is 17.6 Å². The first-order valence-electron chi connectivity index (χ1n) is 3.44. The molecule has 0 aliphatic rings. The molecular weight excluding hydrogens is 197 g/mol. The van der Waals surface area contributed by atoms with Crippen LogP contribution in [0, 0.1) is 17.1 Å². The summed E-state index contributed by atoms with van der Waals surface area (Å²) in [5, 5.41) is 8.40. The molecular formula is C8H3F3N2O. The van der Waals surface area contributed by atoms with Gasteiger partial charge in [-0.2, -0.15) is 5.26 Å². The second-order valence-corrected chi connectivity index (χ2v) is 2.32. The van der Waals surface area contributed by atoms with Crippen LogP contribution < -0.4 is 0 Å². The molecule has 3 nitrogen and oxygen atoms in total. The number of hydrogen-bond acceptors (Lipinski definition) is 3. The molecule has 72 valence electrons. The molecule has 1 aromatic heterocycles. The number of nitriles is 1. The van der Waals surface area contributed by atoms with Gasteiger partial charge in [-0.3, -0.25) is 4.79 Å². The molecule has 0 spiro atoms. The molecule has 0 saturated heterocycles. The van der Waals surface area contributed by atoms with Crippen molar-refractivity contribution in [3.05, 3.63) is 28.8 Å². The highest BCUT2D eigenvalue weighted by atomic mass is 19.3. The number of aromatic nitrogens is 1. The average Bonchev–Trinajstić information content (AvgIpc) is 2.16. The molecule has 14 heavy (non-hydrogen) atoms. The van der Waals surface area contributed by atoms with Crippen molar-refractivity contribution in [1.82, 2.24) is 4.98 Å². The van der Waals surface area contributed by atoms with Crippen LogP contribution in [0.2, 0.25) is 0 Å². The number of aldehydes is 1. The van der Waals surface area contributed by atoms with E-state index in [-0.39, 0.29) is 6.29 Å². The molecule has 0 unspecified atom stereocenters. The van der Waals surface area contributed by atoms with Crippen LogP contribution in [-0.2, 0) is 0 Å². The van der Waals surface area contributed by atoms with Gasteiger partial charge in [-0.15, -0.1) is 0 Å². The monoisotopic (exact) mass is 200 g/mol. The summed E-state index contributed by atoms with van der Waals surface area (Å²) >= 11 is 0. The van der Waals surface area contributed by atoms with Gasteiger partial charge in [0.15, 0.2) is 12.0 Å². The van der Waals surface area contributed by atoms with Crippen LogP contribution >= 0.6 is 0 Å². The highest BCUT2D eigenvalue weighted by Crippen LogP contribution is 2.19. The Hall–Kier alpha value is -1.90. The maximum atomic E-state index is 12.9. The zero-order chi connectivity index (χ0) is 10.7. The molecule has 0 saturated carbocycles. The van der Waals surface area contributed by atoms with E-state index in [9.17, 15) is 18.0 Å². The molecule has 6 heteroatoms.